The summed E-state index contributed by atoms with van der Waals surface area (Å²) in [5.41, 5.74) is -0.694. The second-order valence-electron chi connectivity index (χ2n) is 4.29. The van der Waals surface area contributed by atoms with E-state index in [0.29, 0.717) is 0 Å². The highest BCUT2D eigenvalue weighted by molar-refractivity contribution is 5.41. The molecule has 1 N–H and O–H groups in total. The number of rotatable bonds is 2. The van der Waals surface area contributed by atoms with Gasteiger partial charge in [-0.05, 0) is 51.9 Å². The van der Waals surface area contributed by atoms with Crippen molar-refractivity contribution in [2.24, 2.45) is 5.92 Å². The van der Waals surface area contributed by atoms with E-state index < -0.39 is 5.60 Å². The van der Waals surface area contributed by atoms with Crippen molar-refractivity contribution in [3.63, 3.8) is 0 Å². The summed E-state index contributed by atoms with van der Waals surface area (Å²) in [5.74, 6) is 1.31. The van der Waals surface area contributed by atoms with Crippen molar-refractivity contribution >= 4 is 0 Å². The molecule has 5 radical (unpaired) electrons. The summed E-state index contributed by atoms with van der Waals surface area (Å²) in [7, 11) is 0. The van der Waals surface area contributed by atoms with Gasteiger partial charge in [-0.2, -0.15) is 0 Å². The summed E-state index contributed by atoms with van der Waals surface area (Å²) in [4.78, 5) is 0. The van der Waals surface area contributed by atoms with E-state index >= 15 is 0 Å². The Morgan fingerprint density at radius 2 is 2.07 bits per heavy atom. The zero-order valence-electron chi connectivity index (χ0n) is 8.61. The number of hydrogen-bond donors (Lipinski definition) is 1. The molecule has 2 atom stereocenters. The van der Waals surface area contributed by atoms with Crippen LogP contribution in [-0.2, 0) is 0 Å². The fraction of sp³-hybridized carbons (Fsp3) is 0.462. The fourth-order valence-electron chi connectivity index (χ4n) is 2.21. The lowest BCUT2D eigenvalue weighted by atomic mass is 9.73. The molecule has 0 bridgehead atoms. The molecule has 0 heterocycles. The van der Waals surface area contributed by atoms with Gasteiger partial charge >= 0.3 is 0 Å². The van der Waals surface area contributed by atoms with Crippen LogP contribution >= 0.6 is 0 Å². The van der Waals surface area contributed by atoms with Crippen molar-refractivity contribution in [2.75, 3.05) is 0 Å². The van der Waals surface area contributed by atoms with E-state index in [0.717, 1.165) is 18.8 Å². The molecular formula is C13H17O. The lowest BCUT2D eigenvalue weighted by molar-refractivity contribution is 0.0343. The average Bonchev–Trinajstić information content (AvgIpc) is 2.72. The van der Waals surface area contributed by atoms with E-state index in [4.69, 9.17) is 0 Å². The van der Waals surface area contributed by atoms with Crippen LogP contribution in [0.2, 0.25) is 0 Å². The van der Waals surface area contributed by atoms with Gasteiger partial charge in [0, 0.05) is 11.8 Å². The van der Waals surface area contributed by atoms with Gasteiger partial charge in [-0.3, -0.25) is 0 Å². The zero-order chi connectivity index (χ0) is 10.0. The average molecular weight is 189 g/mol. The third-order valence-electron chi connectivity index (χ3n) is 3.22. The molecule has 0 aromatic heterocycles. The minimum atomic E-state index is -0.694. The van der Waals surface area contributed by atoms with Crippen molar-refractivity contribution in [3.05, 3.63) is 43.8 Å². The molecule has 0 amide bonds. The second kappa shape index (κ2) is 4.06. The molecule has 2 aliphatic carbocycles. The molecular weight excluding hydrogens is 172 g/mol. The summed E-state index contributed by atoms with van der Waals surface area (Å²) in [6.45, 7) is 1.92. The summed E-state index contributed by atoms with van der Waals surface area (Å²) in [6.07, 6.45) is 15.8. The summed E-state index contributed by atoms with van der Waals surface area (Å²) in [6, 6.07) is 0. The lowest BCUT2D eigenvalue weighted by Gasteiger charge is -2.37. The van der Waals surface area contributed by atoms with Gasteiger partial charge in [-0.25, -0.2) is 0 Å². The van der Waals surface area contributed by atoms with Crippen LogP contribution in [-0.4, -0.2) is 10.7 Å². The highest BCUT2D eigenvalue weighted by atomic mass is 16.3. The molecule has 1 fully saturated rings. The summed E-state index contributed by atoms with van der Waals surface area (Å²) in [5, 5.41) is 10.4. The molecule has 1 nitrogen and oxygen atoms in total. The van der Waals surface area contributed by atoms with Gasteiger partial charge in [0.1, 0.15) is 0 Å². The predicted octanol–water partition coefficient (Wildman–Crippen LogP) is 2.50. The minimum absolute atomic E-state index is 0.277. The van der Waals surface area contributed by atoms with Gasteiger partial charge < -0.3 is 5.11 Å². The van der Waals surface area contributed by atoms with Crippen LogP contribution in [0.15, 0.2) is 12.2 Å². The van der Waals surface area contributed by atoms with Crippen molar-refractivity contribution in [1.82, 2.24) is 0 Å². The SMILES string of the molecule is C[C@@](O)([C]1[CH][CH][CH][CH]1)[C@H]1C=CCCC1. The van der Waals surface area contributed by atoms with E-state index in [2.05, 4.69) is 12.2 Å². The van der Waals surface area contributed by atoms with Gasteiger partial charge in [0.05, 0.1) is 5.60 Å². The largest absolute Gasteiger partial charge is 0.389 e. The lowest BCUT2D eigenvalue weighted by Crippen LogP contribution is -2.40. The third kappa shape index (κ3) is 1.88. The first-order valence-corrected chi connectivity index (χ1v) is 5.32. The van der Waals surface area contributed by atoms with Crippen LogP contribution in [0.25, 0.3) is 0 Å². The Labute approximate surface area is 87.2 Å². The van der Waals surface area contributed by atoms with Crippen molar-refractivity contribution < 1.29 is 5.11 Å². The van der Waals surface area contributed by atoms with E-state index in [1.807, 2.05) is 32.6 Å². The van der Waals surface area contributed by atoms with Gasteiger partial charge in [0.15, 0.2) is 0 Å². The second-order valence-corrected chi connectivity index (χ2v) is 4.29. The van der Waals surface area contributed by atoms with Crippen molar-refractivity contribution in [2.45, 2.75) is 31.8 Å². The maximum atomic E-state index is 10.4. The normalized spacial score (nSPS) is 33.1. The van der Waals surface area contributed by atoms with E-state index in [1.54, 1.807) is 0 Å². The fourth-order valence-corrected chi connectivity index (χ4v) is 2.21. The first-order chi connectivity index (χ1) is 6.71. The van der Waals surface area contributed by atoms with Crippen LogP contribution in [0, 0.1) is 37.5 Å². The van der Waals surface area contributed by atoms with Crippen LogP contribution in [0.5, 0.6) is 0 Å². The topological polar surface area (TPSA) is 20.2 Å². The Hall–Kier alpha value is -0.300. The van der Waals surface area contributed by atoms with Crippen LogP contribution < -0.4 is 0 Å². The molecule has 0 aliphatic heterocycles. The smallest absolute Gasteiger partial charge is 0.0750 e. The summed E-state index contributed by atoms with van der Waals surface area (Å²) < 4.78 is 0. The zero-order valence-corrected chi connectivity index (χ0v) is 8.61. The maximum absolute atomic E-state index is 10.4. The van der Waals surface area contributed by atoms with Gasteiger partial charge in [0.25, 0.3) is 0 Å². The number of allylic oxidation sites excluding steroid dienone is 1. The molecule has 0 aromatic rings. The molecule has 14 heavy (non-hydrogen) atoms. The minimum Gasteiger partial charge on any atom is -0.389 e. The Morgan fingerprint density at radius 3 is 2.64 bits per heavy atom. The molecule has 2 rings (SSSR count). The molecule has 0 aromatic carbocycles. The predicted molar refractivity (Wildman–Crippen MR) is 57.5 cm³/mol. The first-order valence-electron chi connectivity index (χ1n) is 5.32. The molecule has 1 saturated carbocycles. The van der Waals surface area contributed by atoms with Gasteiger partial charge in [0.2, 0.25) is 0 Å². The molecule has 2 aliphatic rings. The quantitative estimate of drug-likeness (QED) is 0.662. The molecule has 1 heteroatoms. The Kier molecular flexibility index (Phi) is 2.96. The Bertz CT molecular complexity index is 211. The van der Waals surface area contributed by atoms with Gasteiger partial charge in [-0.15, -0.1) is 0 Å². The first kappa shape index (κ1) is 10.2. The number of aliphatic hydroxyl groups is 1. The maximum Gasteiger partial charge on any atom is 0.0750 e. The van der Waals surface area contributed by atoms with Crippen LogP contribution in [0.3, 0.4) is 0 Å². The standard InChI is InChI=1S/C13H17O/c1-13(14,12-9-5-6-10-12)11-7-3-2-4-8-11/h3,5-7,9-11,14H,2,4,8H2,1H3/t11-,13-/m0/s1. The molecule has 0 unspecified atom stereocenters. The van der Waals surface area contributed by atoms with E-state index in [1.165, 1.54) is 6.42 Å². The Balaban J connectivity index is 2.05. The van der Waals surface area contributed by atoms with Crippen LogP contribution in [0.4, 0.5) is 0 Å². The van der Waals surface area contributed by atoms with Crippen molar-refractivity contribution in [1.29, 1.82) is 0 Å². The highest BCUT2D eigenvalue weighted by Gasteiger charge is 2.40. The van der Waals surface area contributed by atoms with E-state index in [-0.39, 0.29) is 5.92 Å². The summed E-state index contributed by atoms with van der Waals surface area (Å²) >= 11 is 0. The molecule has 0 spiro atoms. The van der Waals surface area contributed by atoms with Crippen molar-refractivity contribution in [3.8, 4) is 0 Å². The van der Waals surface area contributed by atoms with E-state index in [9.17, 15) is 5.11 Å². The monoisotopic (exact) mass is 189 g/mol. The van der Waals surface area contributed by atoms with Crippen LogP contribution in [0.1, 0.15) is 26.2 Å². The Morgan fingerprint density at radius 1 is 1.36 bits per heavy atom. The number of hydrogen-bond acceptors (Lipinski definition) is 1. The highest BCUT2D eigenvalue weighted by Crippen LogP contribution is 2.41. The molecule has 0 saturated heterocycles. The van der Waals surface area contributed by atoms with Gasteiger partial charge in [-0.1, -0.05) is 12.2 Å². The molecule has 75 valence electrons. The third-order valence-corrected chi connectivity index (χ3v) is 3.22.